The molecule has 0 spiro atoms. The first kappa shape index (κ1) is 18.0. The molecular formula is C14H16N2O7S. The Morgan fingerprint density at radius 1 is 1.29 bits per heavy atom. The molecule has 1 aromatic rings. The summed E-state index contributed by atoms with van der Waals surface area (Å²) in [6.07, 6.45) is -2.15. The van der Waals surface area contributed by atoms with Crippen LogP contribution in [0.5, 0.6) is 5.75 Å². The third kappa shape index (κ3) is 4.83. The van der Waals surface area contributed by atoms with E-state index >= 15 is 0 Å². The van der Waals surface area contributed by atoms with Crippen LogP contribution in [0.2, 0.25) is 0 Å². The highest BCUT2D eigenvalue weighted by molar-refractivity contribution is 7.80. The summed E-state index contributed by atoms with van der Waals surface area (Å²) in [6.45, 7) is 1.70. The lowest BCUT2D eigenvalue weighted by molar-refractivity contribution is -0.384. The smallest absolute Gasteiger partial charge is 0.420 e. The number of rotatable bonds is 5. The van der Waals surface area contributed by atoms with Crippen molar-refractivity contribution in [3.05, 3.63) is 34.4 Å². The van der Waals surface area contributed by atoms with E-state index in [-0.39, 0.29) is 23.1 Å². The van der Waals surface area contributed by atoms with Gasteiger partial charge in [0.2, 0.25) is 0 Å². The molecule has 1 heterocycles. The van der Waals surface area contributed by atoms with Crippen molar-refractivity contribution >= 4 is 30.4 Å². The number of carbonyl (C=O) groups excluding carboxylic acids is 2. The summed E-state index contributed by atoms with van der Waals surface area (Å²) in [4.78, 5) is 35.6. The van der Waals surface area contributed by atoms with Crippen LogP contribution in [0.3, 0.4) is 0 Å². The highest BCUT2D eigenvalue weighted by atomic mass is 32.1. The zero-order valence-corrected chi connectivity index (χ0v) is 13.5. The summed E-state index contributed by atoms with van der Waals surface area (Å²) in [7, 11) is 0. The van der Waals surface area contributed by atoms with Gasteiger partial charge in [0.1, 0.15) is 5.75 Å². The average molecular weight is 356 g/mol. The third-order valence-corrected chi connectivity index (χ3v) is 3.58. The van der Waals surface area contributed by atoms with Crippen molar-refractivity contribution in [3.8, 4) is 5.75 Å². The fourth-order valence-corrected chi connectivity index (χ4v) is 2.26. The molecule has 0 radical (unpaired) electrons. The Morgan fingerprint density at radius 2 is 1.92 bits per heavy atom. The SMILES string of the molecule is O=C(Oc1ccc([N+](=O)[O-])cc1)O[C@@H](CS)C(=O)N1CCOCC1. The number of nitro benzene ring substituents is 1. The molecule has 24 heavy (non-hydrogen) atoms. The van der Waals surface area contributed by atoms with Gasteiger partial charge in [-0.3, -0.25) is 14.9 Å². The van der Waals surface area contributed by atoms with Crippen molar-refractivity contribution in [1.29, 1.82) is 0 Å². The summed E-state index contributed by atoms with van der Waals surface area (Å²) >= 11 is 4.02. The molecule has 1 aliphatic rings. The second kappa shape index (κ2) is 8.50. The van der Waals surface area contributed by atoms with E-state index in [9.17, 15) is 19.7 Å². The van der Waals surface area contributed by atoms with Gasteiger partial charge in [-0.1, -0.05) is 0 Å². The lowest BCUT2D eigenvalue weighted by Crippen LogP contribution is -2.47. The summed E-state index contributed by atoms with van der Waals surface area (Å²) in [5.74, 6) is -0.290. The maximum Gasteiger partial charge on any atom is 0.514 e. The summed E-state index contributed by atoms with van der Waals surface area (Å²) < 4.78 is 15.1. The number of ether oxygens (including phenoxy) is 3. The van der Waals surface area contributed by atoms with Crippen molar-refractivity contribution in [3.63, 3.8) is 0 Å². The van der Waals surface area contributed by atoms with Crippen LogP contribution in [0.15, 0.2) is 24.3 Å². The summed E-state index contributed by atoms with van der Waals surface area (Å²) in [5, 5.41) is 10.6. The van der Waals surface area contributed by atoms with Crippen LogP contribution in [0, 0.1) is 10.1 Å². The van der Waals surface area contributed by atoms with Gasteiger partial charge in [-0.25, -0.2) is 4.79 Å². The van der Waals surface area contributed by atoms with Crippen LogP contribution in [0.25, 0.3) is 0 Å². The van der Waals surface area contributed by atoms with Crippen molar-refractivity contribution in [2.24, 2.45) is 0 Å². The van der Waals surface area contributed by atoms with E-state index in [0.717, 1.165) is 0 Å². The Kier molecular flexibility index (Phi) is 6.38. The fourth-order valence-electron chi connectivity index (χ4n) is 2.03. The third-order valence-electron chi connectivity index (χ3n) is 3.25. The molecule has 1 fully saturated rings. The van der Waals surface area contributed by atoms with Gasteiger partial charge in [-0.05, 0) is 12.1 Å². The van der Waals surface area contributed by atoms with Crippen LogP contribution in [-0.2, 0) is 14.3 Å². The minimum atomic E-state index is -1.08. The van der Waals surface area contributed by atoms with Crippen LogP contribution in [-0.4, -0.2) is 60.0 Å². The van der Waals surface area contributed by atoms with Gasteiger partial charge < -0.3 is 19.1 Å². The molecule has 1 amide bonds. The second-order valence-electron chi connectivity index (χ2n) is 4.83. The minimum absolute atomic E-state index is 0.00551. The summed E-state index contributed by atoms with van der Waals surface area (Å²) in [6, 6.07) is 4.91. The number of nitro groups is 1. The van der Waals surface area contributed by atoms with Crippen molar-refractivity contribution in [2.45, 2.75) is 6.10 Å². The van der Waals surface area contributed by atoms with E-state index in [1.807, 2.05) is 0 Å². The predicted molar refractivity (Wildman–Crippen MR) is 85.2 cm³/mol. The molecule has 10 heteroatoms. The Hall–Kier alpha value is -2.33. The molecule has 0 aromatic heterocycles. The van der Waals surface area contributed by atoms with Gasteiger partial charge in [0, 0.05) is 31.0 Å². The molecule has 2 rings (SSSR count). The van der Waals surface area contributed by atoms with Gasteiger partial charge >= 0.3 is 6.16 Å². The number of thiol groups is 1. The molecule has 1 aliphatic heterocycles. The fraction of sp³-hybridized carbons (Fsp3) is 0.429. The van der Waals surface area contributed by atoms with E-state index < -0.39 is 17.2 Å². The zero-order valence-electron chi connectivity index (χ0n) is 12.6. The van der Waals surface area contributed by atoms with E-state index in [2.05, 4.69) is 12.6 Å². The zero-order chi connectivity index (χ0) is 17.5. The maximum absolute atomic E-state index is 12.3. The number of hydrogen-bond donors (Lipinski definition) is 1. The summed E-state index contributed by atoms with van der Waals surface area (Å²) in [5.41, 5.74) is -0.133. The molecule has 9 nitrogen and oxygen atoms in total. The first-order chi connectivity index (χ1) is 11.5. The largest absolute Gasteiger partial charge is 0.514 e. The normalized spacial score (nSPS) is 15.5. The molecule has 1 saturated heterocycles. The van der Waals surface area contributed by atoms with Crippen LogP contribution < -0.4 is 4.74 Å². The molecule has 130 valence electrons. The minimum Gasteiger partial charge on any atom is -0.420 e. The van der Waals surface area contributed by atoms with Gasteiger partial charge in [0.25, 0.3) is 11.6 Å². The molecule has 1 aromatic carbocycles. The van der Waals surface area contributed by atoms with Gasteiger partial charge in [-0.2, -0.15) is 12.6 Å². The number of carbonyl (C=O) groups is 2. The highest BCUT2D eigenvalue weighted by Crippen LogP contribution is 2.18. The van der Waals surface area contributed by atoms with Gasteiger partial charge in [-0.15, -0.1) is 0 Å². The van der Waals surface area contributed by atoms with Crippen molar-refractivity contribution in [1.82, 2.24) is 4.90 Å². The number of benzene rings is 1. The van der Waals surface area contributed by atoms with Crippen LogP contribution in [0.1, 0.15) is 0 Å². The van der Waals surface area contributed by atoms with Crippen molar-refractivity contribution < 1.29 is 28.7 Å². The molecule has 0 unspecified atom stereocenters. The maximum atomic E-state index is 12.3. The van der Waals surface area contributed by atoms with E-state index in [0.29, 0.717) is 26.3 Å². The Morgan fingerprint density at radius 3 is 2.46 bits per heavy atom. The standard InChI is InChI=1S/C14H16N2O7S/c17-13(15-5-7-21-8-6-15)12(9-24)23-14(18)22-11-3-1-10(2-4-11)16(19)20/h1-4,12,24H,5-9H2/t12-/m0/s1. The second-order valence-corrected chi connectivity index (χ2v) is 5.19. The Bertz CT molecular complexity index is 602. The number of morpholine rings is 1. The molecule has 1 atom stereocenters. The average Bonchev–Trinajstić information content (AvgIpc) is 2.60. The lowest BCUT2D eigenvalue weighted by Gasteiger charge is -2.29. The lowest BCUT2D eigenvalue weighted by atomic mass is 10.3. The Labute approximate surface area is 143 Å². The molecular weight excluding hydrogens is 340 g/mol. The van der Waals surface area contributed by atoms with Crippen LogP contribution in [0.4, 0.5) is 10.5 Å². The first-order valence-corrected chi connectivity index (χ1v) is 7.75. The van der Waals surface area contributed by atoms with Gasteiger partial charge in [0.15, 0.2) is 6.10 Å². The number of non-ortho nitro benzene ring substituents is 1. The Balaban J connectivity index is 1.91. The molecule has 0 saturated carbocycles. The monoisotopic (exact) mass is 356 g/mol. The molecule has 0 N–H and O–H groups in total. The number of hydrogen-bond acceptors (Lipinski definition) is 8. The predicted octanol–water partition coefficient (Wildman–Crippen LogP) is 1.27. The highest BCUT2D eigenvalue weighted by Gasteiger charge is 2.28. The number of amides is 1. The first-order valence-electron chi connectivity index (χ1n) is 7.11. The quantitative estimate of drug-likeness (QED) is 0.278. The van der Waals surface area contributed by atoms with Gasteiger partial charge in [0.05, 0.1) is 18.1 Å². The molecule has 0 bridgehead atoms. The molecule has 0 aliphatic carbocycles. The van der Waals surface area contributed by atoms with Crippen LogP contribution >= 0.6 is 12.6 Å². The topological polar surface area (TPSA) is 108 Å². The number of nitrogens with zero attached hydrogens (tertiary/aromatic N) is 2. The van der Waals surface area contributed by atoms with E-state index in [1.54, 1.807) is 0 Å². The van der Waals surface area contributed by atoms with Crippen molar-refractivity contribution in [2.75, 3.05) is 32.1 Å². The van der Waals surface area contributed by atoms with E-state index in [4.69, 9.17) is 14.2 Å². The van der Waals surface area contributed by atoms with E-state index in [1.165, 1.54) is 29.2 Å².